The van der Waals surface area contributed by atoms with Gasteiger partial charge in [-0.05, 0) is 59.0 Å². The van der Waals surface area contributed by atoms with Gasteiger partial charge in [0, 0.05) is 11.1 Å². The van der Waals surface area contributed by atoms with E-state index in [1.54, 1.807) is 0 Å². The molecule has 5 heteroatoms. The molecular formula is C19H28BrNO2Si. The topological polar surface area (TPSA) is 38.3 Å². The van der Waals surface area contributed by atoms with E-state index < -0.39 is 13.7 Å². The Balaban J connectivity index is 2.31. The van der Waals surface area contributed by atoms with Crippen LogP contribution in [0.2, 0.25) is 18.1 Å². The molecule has 0 saturated heterocycles. The first-order valence-electron chi connectivity index (χ1n) is 8.34. The van der Waals surface area contributed by atoms with E-state index in [1.165, 1.54) is 0 Å². The van der Waals surface area contributed by atoms with E-state index in [4.69, 9.17) is 4.43 Å². The SMILES string of the molecule is C=C(C)C1(CCO[Si](C)(C)C(C)(C)C)C(=O)Nc2c(Br)cccc21. The van der Waals surface area contributed by atoms with E-state index in [0.29, 0.717) is 13.0 Å². The summed E-state index contributed by atoms with van der Waals surface area (Å²) in [6.07, 6.45) is 0.615. The number of amides is 1. The summed E-state index contributed by atoms with van der Waals surface area (Å²) in [6.45, 7) is 17.8. The van der Waals surface area contributed by atoms with E-state index >= 15 is 0 Å². The molecular weight excluding hydrogens is 382 g/mol. The van der Waals surface area contributed by atoms with Crippen molar-refractivity contribution >= 4 is 35.8 Å². The molecule has 0 fully saturated rings. The smallest absolute Gasteiger partial charge is 0.239 e. The molecule has 0 aliphatic carbocycles. The maximum atomic E-state index is 12.9. The molecule has 1 N–H and O–H groups in total. The fourth-order valence-electron chi connectivity index (χ4n) is 2.91. The molecule has 24 heavy (non-hydrogen) atoms. The summed E-state index contributed by atoms with van der Waals surface area (Å²) < 4.78 is 7.24. The number of hydrogen-bond donors (Lipinski definition) is 1. The Morgan fingerprint density at radius 3 is 2.54 bits per heavy atom. The third-order valence-electron chi connectivity index (χ3n) is 5.57. The highest BCUT2D eigenvalue weighted by Gasteiger charge is 2.48. The molecule has 0 radical (unpaired) electrons. The minimum atomic E-state index is -1.84. The maximum absolute atomic E-state index is 12.9. The predicted octanol–water partition coefficient (Wildman–Crippen LogP) is 5.63. The van der Waals surface area contributed by atoms with E-state index in [2.05, 4.69) is 61.7 Å². The summed E-state index contributed by atoms with van der Waals surface area (Å²) in [5.74, 6) is -0.00395. The Bertz CT molecular complexity index is 678. The molecule has 0 aromatic heterocycles. The van der Waals surface area contributed by atoms with E-state index in [0.717, 1.165) is 21.3 Å². The Morgan fingerprint density at radius 1 is 1.38 bits per heavy atom. The lowest BCUT2D eigenvalue weighted by Gasteiger charge is -2.37. The van der Waals surface area contributed by atoms with Gasteiger partial charge in [0.25, 0.3) is 0 Å². The molecule has 2 rings (SSSR count). The number of anilines is 1. The zero-order valence-electron chi connectivity index (χ0n) is 15.5. The number of fused-ring (bicyclic) bond motifs is 1. The van der Waals surface area contributed by atoms with E-state index in [9.17, 15) is 4.79 Å². The Kier molecular flexibility index (Phi) is 5.20. The summed E-state index contributed by atoms with van der Waals surface area (Å²) in [7, 11) is -1.84. The molecule has 1 aliphatic heterocycles. The molecule has 1 unspecified atom stereocenters. The highest BCUT2D eigenvalue weighted by Crippen LogP contribution is 2.48. The lowest BCUT2D eigenvalue weighted by atomic mass is 9.74. The van der Waals surface area contributed by atoms with Gasteiger partial charge in [-0.3, -0.25) is 4.79 Å². The van der Waals surface area contributed by atoms with Gasteiger partial charge < -0.3 is 9.74 Å². The van der Waals surface area contributed by atoms with Crippen molar-refractivity contribution in [2.24, 2.45) is 0 Å². The largest absolute Gasteiger partial charge is 0.417 e. The molecule has 1 aliphatic rings. The quantitative estimate of drug-likeness (QED) is 0.505. The number of carbonyl (C=O) groups excluding carboxylic acids is 1. The number of rotatable bonds is 5. The van der Waals surface area contributed by atoms with Crippen LogP contribution in [0, 0.1) is 0 Å². The van der Waals surface area contributed by atoms with Crippen LogP contribution < -0.4 is 5.32 Å². The van der Waals surface area contributed by atoms with Gasteiger partial charge in [0.05, 0.1) is 11.1 Å². The predicted molar refractivity (Wildman–Crippen MR) is 107 cm³/mol. The maximum Gasteiger partial charge on any atom is 0.239 e. The van der Waals surface area contributed by atoms with Crippen molar-refractivity contribution in [1.29, 1.82) is 0 Å². The van der Waals surface area contributed by atoms with Gasteiger partial charge >= 0.3 is 0 Å². The third kappa shape index (κ3) is 3.14. The monoisotopic (exact) mass is 409 g/mol. The van der Waals surface area contributed by atoms with Gasteiger partial charge in [-0.1, -0.05) is 45.1 Å². The Morgan fingerprint density at radius 2 is 2.00 bits per heavy atom. The van der Waals surface area contributed by atoms with Crippen LogP contribution in [0.3, 0.4) is 0 Å². The van der Waals surface area contributed by atoms with Crippen LogP contribution in [0.15, 0.2) is 34.8 Å². The summed E-state index contributed by atoms with van der Waals surface area (Å²) in [5, 5.41) is 3.18. The first-order chi connectivity index (χ1) is 10.9. The fourth-order valence-corrected chi connectivity index (χ4v) is 4.42. The standard InChI is InChI=1S/C19H28BrNO2Si/c1-13(2)19(11-12-23-24(6,7)18(3,4)5)14-9-8-10-15(20)16(14)21-17(19)22/h8-10H,1,11-12H2,2-7H3,(H,21,22). The van der Waals surface area contributed by atoms with Crippen LogP contribution in [-0.2, 0) is 14.6 Å². The molecule has 3 nitrogen and oxygen atoms in total. The number of para-hydroxylation sites is 1. The lowest BCUT2D eigenvalue weighted by Crippen LogP contribution is -2.43. The van der Waals surface area contributed by atoms with Crippen molar-refractivity contribution in [2.75, 3.05) is 11.9 Å². The van der Waals surface area contributed by atoms with Crippen LogP contribution in [0.1, 0.15) is 39.7 Å². The number of benzene rings is 1. The molecule has 1 heterocycles. The third-order valence-corrected chi connectivity index (χ3v) is 10.8. The van der Waals surface area contributed by atoms with Crippen LogP contribution in [0.25, 0.3) is 0 Å². The summed E-state index contributed by atoms with van der Waals surface area (Å²) >= 11 is 3.53. The molecule has 1 aromatic rings. The van der Waals surface area contributed by atoms with Gasteiger partial charge in [-0.2, -0.15) is 0 Å². The molecule has 1 amide bonds. The summed E-state index contributed by atoms with van der Waals surface area (Å²) in [5.41, 5.74) is 2.00. The average molecular weight is 410 g/mol. The van der Waals surface area contributed by atoms with Crippen molar-refractivity contribution in [3.63, 3.8) is 0 Å². The minimum Gasteiger partial charge on any atom is -0.417 e. The van der Waals surface area contributed by atoms with Crippen LogP contribution >= 0.6 is 15.9 Å². The molecule has 0 bridgehead atoms. The van der Waals surface area contributed by atoms with Crippen molar-refractivity contribution < 1.29 is 9.22 Å². The Hall–Kier alpha value is -0.913. The van der Waals surface area contributed by atoms with Gasteiger partial charge in [0.15, 0.2) is 8.32 Å². The van der Waals surface area contributed by atoms with Crippen LogP contribution in [0.5, 0.6) is 0 Å². The minimum absolute atomic E-state index is 0.00395. The second-order valence-corrected chi connectivity index (χ2v) is 13.8. The number of nitrogens with one attached hydrogen (secondary N) is 1. The fraction of sp³-hybridized carbons (Fsp3) is 0.526. The summed E-state index contributed by atoms with van der Waals surface area (Å²) in [6, 6.07) is 5.92. The second kappa shape index (κ2) is 6.43. The first-order valence-corrected chi connectivity index (χ1v) is 12.0. The van der Waals surface area contributed by atoms with Crippen molar-refractivity contribution in [2.45, 2.75) is 57.7 Å². The number of halogens is 1. The second-order valence-electron chi connectivity index (χ2n) is 8.16. The van der Waals surface area contributed by atoms with Crippen LogP contribution in [0.4, 0.5) is 5.69 Å². The molecule has 1 aromatic carbocycles. The lowest BCUT2D eigenvalue weighted by molar-refractivity contribution is -0.120. The molecule has 0 spiro atoms. The number of hydrogen-bond acceptors (Lipinski definition) is 2. The van der Waals surface area contributed by atoms with E-state index in [1.807, 2.05) is 25.1 Å². The molecule has 1 atom stereocenters. The van der Waals surface area contributed by atoms with Gasteiger partial charge in [-0.25, -0.2) is 0 Å². The van der Waals surface area contributed by atoms with Crippen LogP contribution in [-0.4, -0.2) is 20.8 Å². The highest BCUT2D eigenvalue weighted by atomic mass is 79.9. The first kappa shape index (κ1) is 19.4. The van der Waals surface area contributed by atoms with Crippen molar-refractivity contribution in [3.8, 4) is 0 Å². The zero-order chi connectivity index (χ0) is 18.3. The molecule has 132 valence electrons. The Labute approximate surface area is 155 Å². The molecule has 0 saturated carbocycles. The van der Waals surface area contributed by atoms with Crippen molar-refractivity contribution in [3.05, 3.63) is 40.4 Å². The average Bonchev–Trinajstić information content (AvgIpc) is 2.73. The normalized spacial score (nSPS) is 20.7. The van der Waals surface area contributed by atoms with Gasteiger partial charge in [-0.15, -0.1) is 0 Å². The van der Waals surface area contributed by atoms with Gasteiger partial charge in [0.1, 0.15) is 0 Å². The number of carbonyl (C=O) groups is 1. The zero-order valence-corrected chi connectivity index (χ0v) is 18.1. The highest BCUT2D eigenvalue weighted by molar-refractivity contribution is 9.10. The summed E-state index contributed by atoms with van der Waals surface area (Å²) in [4.78, 5) is 12.9. The van der Waals surface area contributed by atoms with Gasteiger partial charge in [0.2, 0.25) is 5.91 Å². The van der Waals surface area contributed by atoms with Crippen molar-refractivity contribution in [1.82, 2.24) is 0 Å². The van der Waals surface area contributed by atoms with E-state index in [-0.39, 0.29) is 10.9 Å².